The van der Waals surface area contributed by atoms with Crippen molar-refractivity contribution in [2.45, 2.75) is 39.2 Å². The lowest BCUT2D eigenvalue weighted by Crippen LogP contribution is -2.43. The quantitative estimate of drug-likeness (QED) is 0.719. The van der Waals surface area contributed by atoms with Crippen molar-refractivity contribution in [3.05, 3.63) is 76.7 Å². The van der Waals surface area contributed by atoms with Gasteiger partial charge in [-0.2, -0.15) is 4.31 Å². The number of hydrogen-bond acceptors (Lipinski definition) is 3. The van der Waals surface area contributed by atoms with E-state index < -0.39 is 10.0 Å². The van der Waals surface area contributed by atoms with Crippen LogP contribution in [0.5, 0.6) is 0 Å². The predicted octanol–water partition coefficient (Wildman–Crippen LogP) is 4.28. The van der Waals surface area contributed by atoms with Crippen molar-refractivity contribution in [3.63, 3.8) is 0 Å². The molecule has 1 saturated heterocycles. The first-order chi connectivity index (χ1) is 14.4. The summed E-state index contributed by atoms with van der Waals surface area (Å²) in [4.78, 5) is 12.8. The molecule has 5 nitrogen and oxygen atoms in total. The molecule has 0 spiro atoms. The number of rotatable bonds is 7. The Hall–Kier alpha value is -2.44. The zero-order chi connectivity index (χ0) is 21.6. The molecule has 30 heavy (non-hydrogen) atoms. The van der Waals surface area contributed by atoms with Gasteiger partial charge in [0.1, 0.15) is 0 Å². The van der Waals surface area contributed by atoms with Crippen LogP contribution in [0.3, 0.4) is 0 Å². The maximum atomic E-state index is 12.8. The monoisotopic (exact) mass is 426 g/mol. The summed E-state index contributed by atoms with van der Waals surface area (Å²) in [5, 5.41) is 4.41. The van der Waals surface area contributed by atoms with Gasteiger partial charge in [0, 0.05) is 24.4 Å². The first-order valence-electron chi connectivity index (χ1n) is 10.5. The number of amides is 1. The van der Waals surface area contributed by atoms with E-state index in [2.05, 4.69) is 36.5 Å². The predicted molar refractivity (Wildman–Crippen MR) is 121 cm³/mol. The van der Waals surface area contributed by atoms with Crippen LogP contribution in [-0.2, 0) is 14.8 Å². The van der Waals surface area contributed by atoms with E-state index in [0.29, 0.717) is 25.9 Å². The number of sulfonamides is 1. The smallest absolute Gasteiger partial charge is 0.236 e. The van der Waals surface area contributed by atoms with Crippen molar-refractivity contribution in [1.29, 1.82) is 0 Å². The van der Waals surface area contributed by atoms with Crippen molar-refractivity contribution in [2.24, 2.45) is 5.92 Å². The number of nitrogens with zero attached hydrogens (tertiary/aromatic N) is 1. The minimum absolute atomic E-state index is 0.0132. The molecule has 1 heterocycles. The van der Waals surface area contributed by atoms with Crippen molar-refractivity contribution >= 4 is 22.0 Å². The molecule has 1 N–H and O–H groups in total. The third-order valence-electron chi connectivity index (χ3n) is 5.62. The molecular formula is C24H30N2O3S. The molecule has 1 fully saturated rings. The first kappa shape index (κ1) is 22.2. The zero-order valence-electron chi connectivity index (χ0n) is 17.6. The van der Waals surface area contributed by atoms with Gasteiger partial charge in [-0.15, -0.1) is 0 Å². The van der Waals surface area contributed by atoms with Crippen LogP contribution < -0.4 is 5.32 Å². The Morgan fingerprint density at radius 1 is 1.10 bits per heavy atom. The molecule has 3 rings (SSSR count). The number of nitrogens with one attached hydrogen (secondary N) is 1. The maximum Gasteiger partial charge on any atom is 0.236 e. The SMILES string of the molecule is CCC(NC(=O)C1CCN(S(=O)(=O)C=Cc2ccccc2)CC1)c1ccc(C)cc1. The van der Waals surface area contributed by atoms with Crippen molar-refractivity contribution in [3.8, 4) is 0 Å². The van der Waals surface area contributed by atoms with Gasteiger partial charge in [0.2, 0.25) is 15.9 Å². The van der Waals surface area contributed by atoms with Gasteiger partial charge in [0.05, 0.1) is 6.04 Å². The second-order valence-corrected chi connectivity index (χ2v) is 9.63. The standard InChI is InChI=1S/C24H30N2O3S/c1-3-23(21-11-9-19(2)10-12-21)25-24(27)22-13-16-26(17-14-22)30(28,29)18-15-20-7-5-4-6-8-20/h4-12,15,18,22-23H,3,13-14,16-17H2,1-2H3,(H,25,27). The Balaban J connectivity index is 1.55. The molecule has 6 heteroatoms. The Morgan fingerprint density at radius 2 is 1.73 bits per heavy atom. The van der Waals surface area contributed by atoms with Gasteiger partial charge in [-0.05, 0) is 43.4 Å². The molecule has 0 radical (unpaired) electrons. The number of carbonyl (C=O) groups is 1. The van der Waals surface area contributed by atoms with E-state index in [4.69, 9.17) is 0 Å². The highest BCUT2D eigenvalue weighted by molar-refractivity contribution is 7.92. The molecule has 1 atom stereocenters. The van der Waals surface area contributed by atoms with Crippen LogP contribution in [0, 0.1) is 12.8 Å². The van der Waals surface area contributed by atoms with Crippen molar-refractivity contribution in [1.82, 2.24) is 9.62 Å². The molecule has 160 valence electrons. The van der Waals surface area contributed by atoms with Crippen LogP contribution in [0.15, 0.2) is 60.0 Å². The van der Waals surface area contributed by atoms with Crippen molar-refractivity contribution < 1.29 is 13.2 Å². The van der Waals surface area contributed by atoms with E-state index in [0.717, 1.165) is 17.5 Å². The molecule has 0 aromatic heterocycles. The Labute approximate surface area is 179 Å². The average Bonchev–Trinajstić information content (AvgIpc) is 2.77. The summed E-state index contributed by atoms with van der Waals surface area (Å²) in [6, 6.07) is 17.6. The molecule has 1 unspecified atom stereocenters. The highest BCUT2D eigenvalue weighted by Gasteiger charge is 2.30. The minimum atomic E-state index is -3.48. The summed E-state index contributed by atoms with van der Waals surface area (Å²) in [7, 11) is -3.48. The Kier molecular flexibility index (Phi) is 7.45. The van der Waals surface area contributed by atoms with E-state index in [9.17, 15) is 13.2 Å². The molecule has 1 amide bonds. The fourth-order valence-electron chi connectivity index (χ4n) is 3.70. The molecule has 1 aliphatic heterocycles. The summed E-state index contributed by atoms with van der Waals surface area (Å²) in [6.07, 6.45) is 3.50. The molecule has 0 aliphatic carbocycles. The van der Waals surface area contributed by atoms with Crippen LogP contribution >= 0.6 is 0 Å². The molecule has 1 aliphatic rings. The molecule has 0 bridgehead atoms. The summed E-state index contributed by atoms with van der Waals surface area (Å²) in [5.41, 5.74) is 3.13. The van der Waals surface area contributed by atoms with Gasteiger partial charge in [-0.1, -0.05) is 67.1 Å². The first-order valence-corrected chi connectivity index (χ1v) is 12.0. The Bertz CT molecular complexity index is 961. The van der Waals surface area contributed by atoms with Gasteiger partial charge in [-0.3, -0.25) is 4.79 Å². The van der Waals surface area contributed by atoms with E-state index in [1.54, 1.807) is 6.08 Å². The Morgan fingerprint density at radius 3 is 2.33 bits per heavy atom. The van der Waals surface area contributed by atoms with Gasteiger partial charge in [-0.25, -0.2) is 8.42 Å². The summed E-state index contributed by atoms with van der Waals surface area (Å²) in [6.45, 7) is 4.82. The van der Waals surface area contributed by atoms with E-state index >= 15 is 0 Å². The number of carbonyl (C=O) groups excluding carboxylic acids is 1. The number of hydrogen-bond donors (Lipinski definition) is 1. The number of benzene rings is 2. The minimum Gasteiger partial charge on any atom is -0.349 e. The normalized spacial score (nSPS) is 17.1. The summed E-state index contributed by atoms with van der Waals surface area (Å²) < 4.78 is 26.7. The van der Waals surface area contributed by atoms with E-state index in [-0.39, 0.29) is 17.9 Å². The maximum absolute atomic E-state index is 12.8. The number of aryl methyl sites for hydroxylation is 1. The largest absolute Gasteiger partial charge is 0.349 e. The zero-order valence-corrected chi connectivity index (χ0v) is 18.4. The summed E-state index contributed by atoms with van der Waals surface area (Å²) in [5.74, 6) is -0.145. The third-order valence-corrected chi connectivity index (χ3v) is 7.19. The molecular weight excluding hydrogens is 396 g/mol. The van der Waals surface area contributed by atoms with Gasteiger partial charge in [0.25, 0.3) is 0 Å². The average molecular weight is 427 g/mol. The lowest BCUT2D eigenvalue weighted by atomic mass is 9.95. The highest BCUT2D eigenvalue weighted by atomic mass is 32.2. The number of piperidine rings is 1. The van der Waals surface area contributed by atoms with Gasteiger partial charge < -0.3 is 5.32 Å². The van der Waals surface area contributed by atoms with Crippen LogP contribution in [-0.4, -0.2) is 31.7 Å². The van der Waals surface area contributed by atoms with Gasteiger partial charge in [0.15, 0.2) is 0 Å². The van der Waals surface area contributed by atoms with Crippen LogP contribution in [0.2, 0.25) is 0 Å². The van der Waals surface area contributed by atoms with Crippen LogP contribution in [0.25, 0.3) is 6.08 Å². The van der Waals surface area contributed by atoms with Crippen LogP contribution in [0.4, 0.5) is 0 Å². The van der Waals surface area contributed by atoms with Gasteiger partial charge >= 0.3 is 0 Å². The fourth-order valence-corrected chi connectivity index (χ4v) is 4.92. The topological polar surface area (TPSA) is 66.5 Å². The lowest BCUT2D eigenvalue weighted by molar-refractivity contribution is -0.126. The lowest BCUT2D eigenvalue weighted by Gasteiger charge is -2.30. The third kappa shape index (κ3) is 5.80. The van der Waals surface area contributed by atoms with Crippen molar-refractivity contribution in [2.75, 3.05) is 13.1 Å². The highest BCUT2D eigenvalue weighted by Crippen LogP contribution is 2.23. The molecule has 2 aromatic rings. The second-order valence-electron chi connectivity index (χ2n) is 7.81. The van der Waals surface area contributed by atoms with E-state index in [1.807, 2.05) is 37.3 Å². The van der Waals surface area contributed by atoms with Crippen LogP contribution in [0.1, 0.15) is 48.9 Å². The molecule has 0 saturated carbocycles. The fraction of sp³-hybridized carbons (Fsp3) is 0.375. The second kappa shape index (κ2) is 10.0. The molecule has 2 aromatic carbocycles. The van der Waals surface area contributed by atoms with E-state index in [1.165, 1.54) is 15.3 Å². The summed E-state index contributed by atoms with van der Waals surface area (Å²) >= 11 is 0.